The van der Waals surface area contributed by atoms with E-state index in [0.29, 0.717) is 5.69 Å². The van der Waals surface area contributed by atoms with Crippen LogP contribution in [0.1, 0.15) is 11.3 Å². The number of para-hydroxylation sites is 1. The maximum atomic E-state index is 8.61. The van der Waals surface area contributed by atoms with Crippen molar-refractivity contribution in [3.05, 3.63) is 53.9 Å². The first-order valence-electron chi connectivity index (χ1n) is 6.09. The minimum absolute atomic E-state index is 0.0216. The Morgan fingerprint density at radius 2 is 2.11 bits per heavy atom. The van der Waals surface area contributed by atoms with Crippen molar-refractivity contribution in [2.45, 2.75) is 6.42 Å². The van der Waals surface area contributed by atoms with E-state index in [1.165, 1.54) is 11.3 Å². The summed E-state index contributed by atoms with van der Waals surface area (Å²) in [5, 5.41) is 11.6. The minimum Gasteiger partial charge on any atom is -0.409 e. The van der Waals surface area contributed by atoms with E-state index >= 15 is 0 Å². The third-order valence-corrected chi connectivity index (χ3v) is 3.32. The molecular formula is C14H14N4O. The van der Waals surface area contributed by atoms with Crippen molar-refractivity contribution in [3.63, 3.8) is 0 Å². The largest absolute Gasteiger partial charge is 0.409 e. The van der Waals surface area contributed by atoms with Gasteiger partial charge in [0.05, 0.1) is 11.9 Å². The molecule has 5 nitrogen and oxygen atoms in total. The van der Waals surface area contributed by atoms with Crippen molar-refractivity contribution >= 4 is 17.2 Å². The first-order valence-corrected chi connectivity index (χ1v) is 6.09. The highest BCUT2D eigenvalue weighted by Crippen LogP contribution is 2.33. The zero-order chi connectivity index (χ0) is 13.2. The lowest BCUT2D eigenvalue weighted by molar-refractivity contribution is 0.318. The number of benzene rings is 1. The Hall–Kier alpha value is -2.56. The number of rotatable bonds is 2. The minimum atomic E-state index is 0.0216. The summed E-state index contributed by atoms with van der Waals surface area (Å²) in [7, 11) is 0. The van der Waals surface area contributed by atoms with Crippen LogP contribution < -0.4 is 10.6 Å². The Bertz CT molecular complexity index is 622. The van der Waals surface area contributed by atoms with Crippen molar-refractivity contribution in [2.24, 2.45) is 10.9 Å². The van der Waals surface area contributed by atoms with E-state index < -0.39 is 0 Å². The van der Waals surface area contributed by atoms with E-state index in [2.05, 4.69) is 33.2 Å². The van der Waals surface area contributed by atoms with Gasteiger partial charge in [0.2, 0.25) is 0 Å². The van der Waals surface area contributed by atoms with E-state index in [4.69, 9.17) is 10.9 Å². The van der Waals surface area contributed by atoms with Gasteiger partial charge in [-0.15, -0.1) is 0 Å². The van der Waals surface area contributed by atoms with Crippen molar-refractivity contribution in [1.29, 1.82) is 0 Å². The van der Waals surface area contributed by atoms with Crippen LogP contribution in [0.4, 0.5) is 11.4 Å². The molecule has 0 aliphatic carbocycles. The lowest BCUT2D eigenvalue weighted by Gasteiger charge is -2.19. The smallest absolute Gasteiger partial charge is 0.188 e. The van der Waals surface area contributed by atoms with Crippen LogP contribution in [0.25, 0.3) is 0 Å². The maximum Gasteiger partial charge on any atom is 0.188 e. The molecule has 1 aliphatic rings. The number of pyridine rings is 1. The van der Waals surface area contributed by atoms with Crippen LogP contribution in [0.3, 0.4) is 0 Å². The van der Waals surface area contributed by atoms with Crippen molar-refractivity contribution in [1.82, 2.24) is 4.98 Å². The molecule has 1 aromatic carbocycles. The summed E-state index contributed by atoms with van der Waals surface area (Å²) < 4.78 is 0. The molecule has 3 N–H and O–H groups in total. The van der Waals surface area contributed by atoms with Crippen LogP contribution in [0, 0.1) is 0 Å². The van der Waals surface area contributed by atoms with Crippen LogP contribution in [0.2, 0.25) is 0 Å². The summed E-state index contributed by atoms with van der Waals surface area (Å²) >= 11 is 0. The molecule has 0 spiro atoms. The van der Waals surface area contributed by atoms with E-state index in [1.807, 2.05) is 12.1 Å². The fourth-order valence-electron chi connectivity index (χ4n) is 2.35. The average molecular weight is 254 g/mol. The number of fused-ring (bicyclic) bond motifs is 1. The Kier molecular flexibility index (Phi) is 2.79. The summed E-state index contributed by atoms with van der Waals surface area (Å²) in [4.78, 5) is 6.43. The second kappa shape index (κ2) is 4.61. The first-order chi connectivity index (χ1) is 9.29. The van der Waals surface area contributed by atoms with Crippen LogP contribution in [-0.4, -0.2) is 22.6 Å². The molecule has 0 atom stereocenters. The van der Waals surface area contributed by atoms with Gasteiger partial charge in [0.1, 0.15) is 5.69 Å². The third-order valence-electron chi connectivity index (χ3n) is 3.32. The molecular weight excluding hydrogens is 240 g/mol. The molecule has 0 bridgehead atoms. The van der Waals surface area contributed by atoms with E-state index in [0.717, 1.165) is 18.7 Å². The molecule has 96 valence electrons. The molecule has 0 amide bonds. The molecule has 3 rings (SSSR count). The zero-order valence-electron chi connectivity index (χ0n) is 10.3. The van der Waals surface area contributed by atoms with Crippen LogP contribution in [0.5, 0.6) is 0 Å². The van der Waals surface area contributed by atoms with Crippen molar-refractivity contribution in [2.75, 3.05) is 11.4 Å². The normalized spacial score (nSPS) is 14.5. The molecule has 0 unspecified atom stereocenters. The molecule has 1 aliphatic heterocycles. The molecule has 19 heavy (non-hydrogen) atoms. The highest BCUT2D eigenvalue weighted by molar-refractivity contribution is 5.95. The van der Waals surface area contributed by atoms with Gasteiger partial charge in [-0.3, -0.25) is 4.98 Å². The molecule has 2 heterocycles. The van der Waals surface area contributed by atoms with Gasteiger partial charge in [0.25, 0.3) is 0 Å². The number of hydrogen-bond acceptors (Lipinski definition) is 4. The Morgan fingerprint density at radius 3 is 2.84 bits per heavy atom. The lowest BCUT2D eigenvalue weighted by Crippen LogP contribution is -2.17. The number of nitrogens with two attached hydrogens (primary N) is 1. The second-order valence-corrected chi connectivity index (χ2v) is 4.42. The fraction of sp³-hybridized carbons (Fsp3) is 0.143. The van der Waals surface area contributed by atoms with Gasteiger partial charge in [0, 0.05) is 12.2 Å². The predicted octanol–water partition coefficient (Wildman–Crippen LogP) is 1.87. The molecule has 0 radical (unpaired) electrons. The summed E-state index contributed by atoms with van der Waals surface area (Å²) in [6.45, 7) is 0.948. The van der Waals surface area contributed by atoms with E-state index in [1.54, 1.807) is 12.3 Å². The van der Waals surface area contributed by atoms with Gasteiger partial charge < -0.3 is 15.8 Å². The molecule has 5 heteroatoms. The highest BCUT2D eigenvalue weighted by atomic mass is 16.4. The van der Waals surface area contributed by atoms with Crippen molar-refractivity contribution < 1.29 is 5.21 Å². The van der Waals surface area contributed by atoms with E-state index in [-0.39, 0.29) is 5.84 Å². The Morgan fingerprint density at radius 1 is 1.26 bits per heavy atom. The van der Waals surface area contributed by atoms with Crippen molar-refractivity contribution in [3.8, 4) is 0 Å². The predicted molar refractivity (Wildman–Crippen MR) is 73.9 cm³/mol. The summed E-state index contributed by atoms with van der Waals surface area (Å²) in [5.74, 6) is 0.0216. The van der Waals surface area contributed by atoms with Crippen LogP contribution >= 0.6 is 0 Å². The van der Waals surface area contributed by atoms with Gasteiger partial charge in [-0.05, 0) is 30.2 Å². The average Bonchev–Trinajstić information content (AvgIpc) is 2.90. The summed E-state index contributed by atoms with van der Waals surface area (Å²) in [6, 6.07) is 12.0. The molecule has 1 aromatic heterocycles. The number of hydrogen-bond donors (Lipinski definition) is 2. The monoisotopic (exact) mass is 254 g/mol. The molecule has 0 fully saturated rings. The number of oxime groups is 1. The first kappa shape index (κ1) is 11.5. The molecule has 0 saturated carbocycles. The quantitative estimate of drug-likeness (QED) is 0.371. The summed E-state index contributed by atoms with van der Waals surface area (Å²) in [6.07, 6.45) is 2.79. The van der Waals surface area contributed by atoms with Crippen LogP contribution in [-0.2, 0) is 6.42 Å². The number of anilines is 2. The maximum absolute atomic E-state index is 8.61. The number of amidine groups is 1. The lowest BCUT2D eigenvalue weighted by atomic mass is 10.2. The summed E-state index contributed by atoms with van der Waals surface area (Å²) in [5.41, 5.74) is 9.56. The van der Waals surface area contributed by atoms with Gasteiger partial charge >= 0.3 is 0 Å². The Labute approximate surface area is 111 Å². The highest BCUT2D eigenvalue weighted by Gasteiger charge is 2.19. The van der Waals surface area contributed by atoms with E-state index in [9.17, 15) is 0 Å². The fourth-order valence-corrected chi connectivity index (χ4v) is 2.35. The second-order valence-electron chi connectivity index (χ2n) is 4.42. The zero-order valence-corrected chi connectivity index (χ0v) is 10.3. The SMILES string of the molecule is N/C(=N/O)c1ccc(N2CCc3ccccc32)cn1. The van der Waals surface area contributed by atoms with Gasteiger partial charge in [-0.1, -0.05) is 23.4 Å². The van der Waals surface area contributed by atoms with Crippen LogP contribution in [0.15, 0.2) is 47.8 Å². The number of aromatic nitrogens is 1. The molecule has 0 saturated heterocycles. The number of nitrogens with zero attached hydrogens (tertiary/aromatic N) is 3. The topological polar surface area (TPSA) is 74.7 Å². The Balaban J connectivity index is 1.92. The standard InChI is InChI=1S/C14H14N4O/c15-14(17-19)12-6-5-11(9-16-12)18-8-7-10-3-1-2-4-13(10)18/h1-6,9,19H,7-8H2,(H2,15,17). The van der Waals surface area contributed by atoms with Gasteiger partial charge in [-0.25, -0.2) is 0 Å². The molecule has 2 aromatic rings. The third kappa shape index (κ3) is 1.99. The van der Waals surface area contributed by atoms with Gasteiger partial charge in [0.15, 0.2) is 5.84 Å². The van der Waals surface area contributed by atoms with Gasteiger partial charge in [-0.2, -0.15) is 0 Å².